The number of carbonyl (C=O) groups is 2. The Kier molecular flexibility index (Phi) is 5.67. The molecule has 9 nitrogen and oxygen atoms in total. The second-order valence-electron chi connectivity index (χ2n) is 4.42. The third-order valence-corrected chi connectivity index (χ3v) is 4.58. The van der Waals surface area contributed by atoms with Gasteiger partial charge in [-0.25, -0.2) is 13.1 Å². The Morgan fingerprint density at radius 3 is 2.43 bits per heavy atom. The first-order valence-corrected chi connectivity index (χ1v) is 8.08. The van der Waals surface area contributed by atoms with Crippen molar-refractivity contribution in [3.8, 4) is 0 Å². The van der Waals surface area contributed by atoms with Crippen LogP contribution in [0, 0.1) is 0 Å². The van der Waals surface area contributed by atoms with E-state index in [1.165, 1.54) is 4.68 Å². The SMILES string of the molecule is CC(=O)O.Cn1nc(C(=O)NC2CCS(=O)(=O)C2)nc1Cl. The second kappa shape index (κ2) is 6.85. The monoisotopic (exact) mass is 338 g/mol. The van der Waals surface area contributed by atoms with Gasteiger partial charge in [0.25, 0.3) is 11.9 Å². The smallest absolute Gasteiger partial charge is 0.300 e. The zero-order chi connectivity index (χ0) is 16.2. The van der Waals surface area contributed by atoms with Gasteiger partial charge in [-0.05, 0) is 18.0 Å². The Hall–Kier alpha value is -1.68. The maximum atomic E-state index is 11.7. The number of nitrogens with zero attached hydrogens (tertiary/aromatic N) is 3. The summed E-state index contributed by atoms with van der Waals surface area (Å²) in [5.41, 5.74) is 0. The van der Waals surface area contributed by atoms with E-state index < -0.39 is 21.7 Å². The van der Waals surface area contributed by atoms with Gasteiger partial charge in [-0.1, -0.05) is 0 Å². The molecule has 1 unspecified atom stereocenters. The first-order chi connectivity index (χ1) is 9.60. The molecule has 1 saturated heterocycles. The fourth-order valence-corrected chi connectivity index (χ4v) is 3.41. The number of sulfone groups is 1. The lowest BCUT2D eigenvalue weighted by Gasteiger charge is -2.07. The van der Waals surface area contributed by atoms with Gasteiger partial charge >= 0.3 is 0 Å². The van der Waals surface area contributed by atoms with E-state index in [1.807, 2.05) is 0 Å². The first kappa shape index (κ1) is 17.4. The van der Waals surface area contributed by atoms with Gasteiger partial charge in [0.15, 0.2) is 9.84 Å². The molecule has 1 amide bonds. The van der Waals surface area contributed by atoms with Gasteiger partial charge in [0.1, 0.15) is 0 Å². The molecule has 1 aromatic heterocycles. The van der Waals surface area contributed by atoms with E-state index in [0.29, 0.717) is 6.42 Å². The normalized spacial score (nSPS) is 19.5. The number of hydrogen-bond donors (Lipinski definition) is 2. The molecule has 21 heavy (non-hydrogen) atoms. The van der Waals surface area contributed by atoms with Crippen molar-refractivity contribution in [3.63, 3.8) is 0 Å². The highest BCUT2D eigenvalue weighted by Gasteiger charge is 2.30. The van der Waals surface area contributed by atoms with Gasteiger partial charge in [-0.3, -0.25) is 9.59 Å². The summed E-state index contributed by atoms with van der Waals surface area (Å²) in [6, 6.07) is -0.366. The second-order valence-corrected chi connectivity index (χ2v) is 6.99. The molecule has 0 bridgehead atoms. The fraction of sp³-hybridized carbons (Fsp3) is 0.600. The van der Waals surface area contributed by atoms with E-state index in [-0.39, 0.29) is 28.7 Å². The number of halogens is 1. The van der Waals surface area contributed by atoms with Crippen LogP contribution in [0.15, 0.2) is 0 Å². The summed E-state index contributed by atoms with van der Waals surface area (Å²) in [7, 11) is -1.45. The van der Waals surface area contributed by atoms with Crippen LogP contribution < -0.4 is 5.32 Å². The van der Waals surface area contributed by atoms with Crippen molar-refractivity contribution in [2.45, 2.75) is 19.4 Å². The van der Waals surface area contributed by atoms with Crippen LogP contribution in [0.1, 0.15) is 24.0 Å². The third kappa shape index (κ3) is 5.68. The molecule has 0 spiro atoms. The number of aliphatic carboxylic acids is 1. The van der Waals surface area contributed by atoms with Gasteiger partial charge in [0, 0.05) is 20.0 Å². The van der Waals surface area contributed by atoms with Crippen LogP contribution in [0.25, 0.3) is 0 Å². The molecule has 1 aliphatic heterocycles. The predicted molar refractivity (Wildman–Crippen MR) is 73.8 cm³/mol. The number of carboxylic acids is 1. The Morgan fingerprint density at radius 1 is 1.48 bits per heavy atom. The van der Waals surface area contributed by atoms with Gasteiger partial charge in [0.2, 0.25) is 11.1 Å². The third-order valence-electron chi connectivity index (χ3n) is 2.48. The van der Waals surface area contributed by atoms with Crippen LogP contribution in [0.3, 0.4) is 0 Å². The van der Waals surface area contributed by atoms with E-state index in [0.717, 1.165) is 6.92 Å². The topological polar surface area (TPSA) is 131 Å². The Morgan fingerprint density at radius 2 is 2.05 bits per heavy atom. The van der Waals surface area contributed by atoms with E-state index >= 15 is 0 Å². The van der Waals surface area contributed by atoms with Crippen molar-refractivity contribution in [2.75, 3.05) is 11.5 Å². The fourth-order valence-electron chi connectivity index (χ4n) is 1.62. The van der Waals surface area contributed by atoms with Crippen molar-refractivity contribution < 1.29 is 23.1 Å². The predicted octanol–water partition coefficient (Wildman–Crippen LogP) is -0.524. The summed E-state index contributed by atoms with van der Waals surface area (Å²) >= 11 is 5.65. The Labute approximate surface area is 126 Å². The number of aryl methyl sites for hydroxylation is 1. The van der Waals surface area contributed by atoms with Crippen LogP contribution in [0.5, 0.6) is 0 Å². The number of carbonyl (C=O) groups excluding carboxylic acids is 1. The average molecular weight is 339 g/mol. The number of carboxylic acid groups (broad SMARTS) is 1. The van der Waals surface area contributed by atoms with Gasteiger partial charge in [-0.15, -0.1) is 5.10 Å². The highest BCUT2D eigenvalue weighted by Crippen LogP contribution is 2.12. The lowest BCUT2D eigenvalue weighted by Crippen LogP contribution is -2.36. The number of nitrogens with one attached hydrogen (secondary N) is 1. The Balaban J connectivity index is 0.000000491. The lowest BCUT2D eigenvalue weighted by atomic mass is 10.2. The van der Waals surface area contributed by atoms with Gasteiger partial charge < -0.3 is 10.4 Å². The number of hydrogen-bond acceptors (Lipinski definition) is 6. The summed E-state index contributed by atoms with van der Waals surface area (Å²) in [6.45, 7) is 1.08. The van der Waals surface area contributed by atoms with E-state index in [2.05, 4.69) is 15.4 Å². The summed E-state index contributed by atoms with van der Waals surface area (Å²) in [4.78, 5) is 24.4. The highest BCUT2D eigenvalue weighted by atomic mass is 35.5. The summed E-state index contributed by atoms with van der Waals surface area (Å²) in [6.07, 6.45) is 0.425. The minimum atomic E-state index is -3.01. The van der Waals surface area contributed by atoms with E-state index in [9.17, 15) is 13.2 Å². The largest absolute Gasteiger partial charge is 0.481 e. The van der Waals surface area contributed by atoms with Crippen molar-refractivity contribution in [3.05, 3.63) is 11.1 Å². The van der Waals surface area contributed by atoms with Crippen molar-refractivity contribution in [1.82, 2.24) is 20.1 Å². The molecular weight excluding hydrogens is 324 g/mol. The molecule has 2 N–H and O–H groups in total. The molecule has 0 aliphatic carbocycles. The Bertz CT molecular complexity index is 618. The minimum absolute atomic E-state index is 0.0285. The molecule has 1 fully saturated rings. The minimum Gasteiger partial charge on any atom is -0.481 e. The maximum absolute atomic E-state index is 11.7. The molecule has 1 aliphatic rings. The lowest BCUT2D eigenvalue weighted by molar-refractivity contribution is -0.134. The van der Waals surface area contributed by atoms with Crippen LogP contribution in [0.4, 0.5) is 0 Å². The summed E-state index contributed by atoms with van der Waals surface area (Å²) in [5, 5.41) is 13.9. The van der Waals surface area contributed by atoms with Crippen molar-refractivity contribution in [1.29, 1.82) is 0 Å². The number of amides is 1. The van der Waals surface area contributed by atoms with Gasteiger partial charge in [-0.2, -0.15) is 4.98 Å². The standard InChI is InChI=1S/C8H11ClN4O3S.C2H4O2/c1-13-8(9)11-6(12-13)7(14)10-5-2-3-17(15,16)4-5;1-2(3)4/h5H,2-4H2,1H3,(H,10,14);1H3,(H,3,4). The summed E-state index contributed by atoms with van der Waals surface area (Å²) < 4.78 is 23.7. The van der Waals surface area contributed by atoms with E-state index in [1.54, 1.807) is 7.05 Å². The summed E-state index contributed by atoms with van der Waals surface area (Å²) in [5.74, 6) is -1.32. The van der Waals surface area contributed by atoms with Crippen molar-refractivity contribution in [2.24, 2.45) is 7.05 Å². The zero-order valence-corrected chi connectivity index (χ0v) is 13.0. The molecule has 118 valence electrons. The number of rotatable bonds is 2. The molecule has 11 heteroatoms. The van der Waals surface area contributed by atoms with Crippen LogP contribution in [-0.4, -0.2) is 57.7 Å². The average Bonchev–Trinajstić information content (AvgIpc) is 2.82. The maximum Gasteiger partial charge on any atom is 0.300 e. The van der Waals surface area contributed by atoms with Crippen LogP contribution in [0.2, 0.25) is 5.28 Å². The molecule has 1 atom stereocenters. The molecule has 2 rings (SSSR count). The number of aromatic nitrogens is 3. The van der Waals surface area contributed by atoms with Crippen LogP contribution >= 0.6 is 11.6 Å². The highest BCUT2D eigenvalue weighted by molar-refractivity contribution is 7.91. The molecule has 2 heterocycles. The van der Waals surface area contributed by atoms with Crippen LogP contribution in [-0.2, 0) is 21.7 Å². The molecule has 0 radical (unpaired) electrons. The van der Waals surface area contributed by atoms with Gasteiger partial charge in [0.05, 0.1) is 11.5 Å². The van der Waals surface area contributed by atoms with Crippen molar-refractivity contribution >= 4 is 33.3 Å². The first-order valence-electron chi connectivity index (χ1n) is 5.88. The van der Waals surface area contributed by atoms with E-state index in [4.69, 9.17) is 21.5 Å². The molecule has 1 aromatic rings. The quantitative estimate of drug-likeness (QED) is 0.741. The molecule has 0 saturated carbocycles. The molecular formula is C10H15ClN4O5S. The molecule has 0 aromatic carbocycles. The zero-order valence-electron chi connectivity index (χ0n) is 11.4.